The molecule has 0 spiro atoms. The molecule has 0 N–H and O–H groups in total. The van der Waals surface area contributed by atoms with Crippen LogP contribution in [0, 0.1) is 0 Å². The molecule has 0 radical (unpaired) electrons. The Morgan fingerprint density at radius 3 is 2.57 bits per heavy atom. The van der Waals surface area contributed by atoms with E-state index in [2.05, 4.69) is 27.8 Å². The zero-order chi connectivity index (χ0) is 15.6. The molecule has 1 saturated carbocycles. The Kier molecular flexibility index (Phi) is 3.74. The first-order valence-electron chi connectivity index (χ1n) is 8.34. The first kappa shape index (κ1) is 14.2. The van der Waals surface area contributed by atoms with E-state index >= 15 is 0 Å². The first-order valence-corrected chi connectivity index (χ1v) is 8.34. The maximum absolute atomic E-state index is 5.27. The lowest BCUT2D eigenvalue weighted by atomic mass is 9.95. The minimum Gasteiger partial charge on any atom is -0.497 e. The van der Waals surface area contributed by atoms with Gasteiger partial charge in [-0.1, -0.05) is 19.3 Å². The monoisotopic (exact) mass is 307 g/mol. The average Bonchev–Trinajstić information content (AvgIpc) is 3.02. The van der Waals surface area contributed by atoms with Gasteiger partial charge in [-0.2, -0.15) is 0 Å². The summed E-state index contributed by atoms with van der Waals surface area (Å²) in [6.45, 7) is 0. The van der Waals surface area contributed by atoms with E-state index in [4.69, 9.17) is 9.72 Å². The molecule has 3 aromatic rings. The zero-order valence-electron chi connectivity index (χ0n) is 13.4. The lowest BCUT2D eigenvalue weighted by molar-refractivity contribution is 0.361. The van der Waals surface area contributed by atoms with E-state index in [-0.39, 0.29) is 0 Å². The molecule has 1 aromatic carbocycles. The normalized spacial score (nSPS) is 15.9. The van der Waals surface area contributed by atoms with Crippen molar-refractivity contribution in [3.05, 3.63) is 42.6 Å². The van der Waals surface area contributed by atoms with E-state index in [9.17, 15) is 0 Å². The molecule has 0 atom stereocenters. The first-order chi connectivity index (χ1) is 11.4. The summed E-state index contributed by atoms with van der Waals surface area (Å²) in [5, 5.41) is 0. The predicted molar refractivity (Wildman–Crippen MR) is 91.6 cm³/mol. The average molecular weight is 307 g/mol. The molecule has 1 aliphatic rings. The highest BCUT2D eigenvalue weighted by Gasteiger charge is 2.22. The van der Waals surface area contributed by atoms with Crippen molar-refractivity contribution in [3.63, 3.8) is 0 Å². The third-order valence-electron chi connectivity index (χ3n) is 4.74. The van der Waals surface area contributed by atoms with Gasteiger partial charge in [-0.05, 0) is 49.2 Å². The van der Waals surface area contributed by atoms with E-state index in [1.807, 2.05) is 24.4 Å². The Morgan fingerprint density at radius 1 is 1.04 bits per heavy atom. The maximum Gasteiger partial charge on any atom is 0.160 e. The van der Waals surface area contributed by atoms with Gasteiger partial charge in [0.15, 0.2) is 5.65 Å². The van der Waals surface area contributed by atoms with Gasteiger partial charge in [-0.25, -0.2) is 9.97 Å². The van der Waals surface area contributed by atoms with Gasteiger partial charge >= 0.3 is 0 Å². The van der Waals surface area contributed by atoms with Gasteiger partial charge in [0.05, 0.1) is 7.11 Å². The number of benzene rings is 1. The second kappa shape index (κ2) is 6.03. The molecule has 0 aliphatic heterocycles. The van der Waals surface area contributed by atoms with Crippen molar-refractivity contribution in [2.45, 2.75) is 38.1 Å². The van der Waals surface area contributed by atoms with Crippen molar-refractivity contribution in [3.8, 4) is 17.1 Å². The number of pyridine rings is 1. The molecular weight excluding hydrogens is 286 g/mol. The van der Waals surface area contributed by atoms with Gasteiger partial charge in [0.2, 0.25) is 0 Å². The molecule has 23 heavy (non-hydrogen) atoms. The van der Waals surface area contributed by atoms with Gasteiger partial charge in [0.1, 0.15) is 17.1 Å². The third-order valence-corrected chi connectivity index (χ3v) is 4.74. The van der Waals surface area contributed by atoms with E-state index in [0.29, 0.717) is 6.04 Å². The Bertz CT molecular complexity index is 801. The fraction of sp³-hybridized carbons (Fsp3) is 0.368. The number of aromatic nitrogens is 3. The standard InChI is InChI=1S/C19H21N3O/c1-23-16-11-9-14(10-12-16)18-21-17-8-5-13-20-19(17)22(18)15-6-3-2-4-7-15/h5,8-13,15H,2-4,6-7H2,1H3. The summed E-state index contributed by atoms with van der Waals surface area (Å²) in [4.78, 5) is 9.49. The Morgan fingerprint density at radius 2 is 1.83 bits per heavy atom. The summed E-state index contributed by atoms with van der Waals surface area (Å²) >= 11 is 0. The molecule has 2 heterocycles. The van der Waals surface area contributed by atoms with Crippen molar-refractivity contribution < 1.29 is 4.74 Å². The van der Waals surface area contributed by atoms with E-state index in [1.54, 1.807) is 7.11 Å². The SMILES string of the molecule is COc1ccc(-c2nc3cccnc3n2C2CCCCC2)cc1. The summed E-state index contributed by atoms with van der Waals surface area (Å²) in [5.41, 5.74) is 3.10. The van der Waals surface area contributed by atoms with Crippen LogP contribution < -0.4 is 4.74 Å². The van der Waals surface area contributed by atoms with Crippen molar-refractivity contribution in [1.29, 1.82) is 0 Å². The van der Waals surface area contributed by atoms with Gasteiger partial charge in [0.25, 0.3) is 0 Å². The van der Waals surface area contributed by atoms with Crippen molar-refractivity contribution in [1.82, 2.24) is 14.5 Å². The second-order valence-electron chi connectivity index (χ2n) is 6.17. The molecule has 0 saturated heterocycles. The van der Waals surface area contributed by atoms with Crippen LogP contribution in [0.2, 0.25) is 0 Å². The fourth-order valence-electron chi connectivity index (χ4n) is 3.56. The smallest absolute Gasteiger partial charge is 0.160 e. The number of hydrogen-bond donors (Lipinski definition) is 0. The highest BCUT2D eigenvalue weighted by molar-refractivity contribution is 5.77. The summed E-state index contributed by atoms with van der Waals surface area (Å²) in [5.74, 6) is 1.89. The minimum absolute atomic E-state index is 0.501. The van der Waals surface area contributed by atoms with Crippen LogP contribution in [0.15, 0.2) is 42.6 Å². The summed E-state index contributed by atoms with van der Waals surface area (Å²) < 4.78 is 7.63. The number of hydrogen-bond acceptors (Lipinski definition) is 3. The molecule has 0 bridgehead atoms. The largest absolute Gasteiger partial charge is 0.497 e. The summed E-state index contributed by atoms with van der Waals surface area (Å²) in [7, 11) is 1.69. The van der Waals surface area contributed by atoms with Crippen LogP contribution in [0.1, 0.15) is 38.1 Å². The maximum atomic E-state index is 5.27. The lowest BCUT2D eigenvalue weighted by Gasteiger charge is -2.25. The fourth-order valence-corrected chi connectivity index (χ4v) is 3.56. The Balaban J connectivity index is 1.86. The third kappa shape index (κ3) is 2.58. The molecule has 4 heteroatoms. The number of methoxy groups -OCH3 is 1. The van der Waals surface area contributed by atoms with Crippen LogP contribution >= 0.6 is 0 Å². The number of ether oxygens (including phenoxy) is 1. The van der Waals surface area contributed by atoms with E-state index in [0.717, 1.165) is 28.3 Å². The van der Waals surface area contributed by atoms with Crippen LogP contribution in [0.4, 0.5) is 0 Å². The van der Waals surface area contributed by atoms with Crippen LogP contribution in [0.3, 0.4) is 0 Å². The van der Waals surface area contributed by atoms with Crippen LogP contribution in [0.25, 0.3) is 22.6 Å². The van der Waals surface area contributed by atoms with Crippen molar-refractivity contribution >= 4 is 11.2 Å². The molecule has 4 nitrogen and oxygen atoms in total. The lowest BCUT2D eigenvalue weighted by Crippen LogP contribution is -2.14. The van der Waals surface area contributed by atoms with Crippen LogP contribution in [-0.2, 0) is 0 Å². The zero-order valence-corrected chi connectivity index (χ0v) is 13.4. The van der Waals surface area contributed by atoms with Crippen molar-refractivity contribution in [2.24, 2.45) is 0 Å². The molecule has 0 amide bonds. The van der Waals surface area contributed by atoms with Gasteiger partial charge in [-0.15, -0.1) is 0 Å². The second-order valence-corrected chi connectivity index (χ2v) is 6.17. The minimum atomic E-state index is 0.501. The number of fused-ring (bicyclic) bond motifs is 1. The van der Waals surface area contributed by atoms with E-state index in [1.165, 1.54) is 32.1 Å². The highest BCUT2D eigenvalue weighted by atomic mass is 16.5. The molecule has 1 aliphatic carbocycles. The predicted octanol–water partition coefficient (Wildman–Crippen LogP) is 4.61. The molecular formula is C19H21N3O. The Hall–Kier alpha value is -2.36. The number of imidazole rings is 1. The molecule has 4 rings (SSSR count). The highest BCUT2D eigenvalue weighted by Crippen LogP contribution is 2.35. The Labute approximate surface area is 136 Å². The van der Waals surface area contributed by atoms with Gasteiger partial charge in [0, 0.05) is 17.8 Å². The quantitative estimate of drug-likeness (QED) is 0.709. The molecule has 0 unspecified atom stereocenters. The molecule has 118 valence electrons. The number of rotatable bonds is 3. The van der Waals surface area contributed by atoms with Gasteiger partial charge in [-0.3, -0.25) is 0 Å². The molecule has 1 fully saturated rings. The topological polar surface area (TPSA) is 39.9 Å². The molecule has 2 aromatic heterocycles. The summed E-state index contributed by atoms with van der Waals surface area (Å²) in [6.07, 6.45) is 8.21. The van der Waals surface area contributed by atoms with Gasteiger partial charge < -0.3 is 9.30 Å². The van der Waals surface area contributed by atoms with Crippen LogP contribution in [-0.4, -0.2) is 21.6 Å². The van der Waals surface area contributed by atoms with E-state index < -0.39 is 0 Å². The number of nitrogens with zero attached hydrogens (tertiary/aromatic N) is 3. The summed E-state index contributed by atoms with van der Waals surface area (Å²) in [6, 6.07) is 12.7. The van der Waals surface area contributed by atoms with Crippen molar-refractivity contribution in [2.75, 3.05) is 7.11 Å². The van der Waals surface area contributed by atoms with Crippen LogP contribution in [0.5, 0.6) is 5.75 Å².